The lowest BCUT2D eigenvalue weighted by molar-refractivity contribution is -0.128. The van der Waals surface area contributed by atoms with Gasteiger partial charge in [-0.05, 0) is 12.5 Å². The summed E-state index contributed by atoms with van der Waals surface area (Å²) in [6.07, 6.45) is 2.35. The molecule has 2 fully saturated rings. The van der Waals surface area contributed by atoms with E-state index in [2.05, 4.69) is 5.32 Å². The molecule has 2 saturated heterocycles. The Morgan fingerprint density at radius 2 is 2.20 bits per heavy atom. The Labute approximate surface area is 120 Å². The fraction of sp³-hybridized carbons (Fsp3) is 0.462. The third-order valence-electron chi connectivity index (χ3n) is 4.07. The highest BCUT2D eigenvalue weighted by Crippen LogP contribution is 2.38. The zero-order valence-electron chi connectivity index (χ0n) is 11.0. The smallest absolute Gasteiger partial charge is 0.270 e. The minimum atomic E-state index is -0.734. The van der Waals surface area contributed by atoms with E-state index in [1.807, 2.05) is 0 Å². The summed E-state index contributed by atoms with van der Waals surface area (Å²) in [5, 5.41) is 2.82. The van der Waals surface area contributed by atoms with Crippen LogP contribution in [0, 0.1) is 5.41 Å². The van der Waals surface area contributed by atoms with E-state index in [4.69, 9.17) is 11.6 Å². The van der Waals surface area contributed by atoms with Gasteiger partial charge in [-0.15, -0.1) is 0 Å². The number of rotatable bonds is 1. The van der Waals surface area contributed by atoms with Gasteiger partial charge >= 0.3 is 0 Å². The topological polar surface area (TPSA) is 71.4 Å². The van der Waals surface area contributed by atoms with E-state index in [0.717, 1.165) is 0 Å². The van der Waals surface area contributed by atoms with Crippen molar-refractivity contribution in [2.75, 3.05) is 13.1 Å². The molecule has 3 heterocycles. The van der Waals surface area contributed by atoms with Gasteiger partial charge in [0.2, 0.25) is 11.8 Å². The lowest BCUT2D eigenvalue weighted by Crippen LogP contribution is -2.37. The fourth-order valence-electron chi connectivity index (χ4n) is 2.97. The number of carbonyl (C=O) groups excluding carboxylic acids is 3. The summed E-state index contributed by atoms with van der Waals surface area (Å²) in [6, 6.07) is 1.61. The molecule has 3 amide bonds. The Hall–Kier alpha value is -1.82. The molecule has 2 aliphatic heterocycles. The number of carbonyl (C=O) groups is 3. The number of hydrogen-bond acceptors (Lipinski definition) is 3. The van der Waals surface area contributed by atoms with Crippen LogP contribution >= 0.6 is 11.6 Å². The highest BCUT2D eigenvalue weighted by atomic mass is 35.5. The summed E-state index contributed by atoms with van der Waals surface area (Å²) in [5.41, 5.74) is -0.251. The van der Waals surface area contributed by atoms with Gasteiger partial charge in [0.25, 0.3) is 5.91 Å². The molecule has 106 valence electrons. The highest BCUT2D eigenvalue weighted by Gasteiger charge is 2.51. The van der Waals surface area contributed by atoms with Gasteiger partial charge < -0.3 is 9.47 Å². The number of imide groups is 1. The molecular formula is C13H14ClN3O3. The van der Waals surface area contributed by atoms with Gasteiger partial charge in [-0.25, -0.2) is 0 Å². The Kier molecular flexibility index (Phi) is 2.86. The number of halogens is 1. The van der Waals surface area contributed by atoms with Crippen molar-refractivity contribution in [3.05, 3.63) is 23.0 Å². The molecule has 6 nitrogen and oxygen atoms in total. The van der Waals surface area contributed by atoms with Crippen LogP contribution in [0.2, 0.25) is 5.02 Å². The Balaban J connectivity index is 1.81. The predicted molar refractivity (Wildman–Crippen MR) is 71.1 cm³/mol. The molecule has 20 heavy (non-hydrogen) atoms. The minimum absolute atomic E-state index is 0.163. The van der Waals surface area contributed by atoms with Gasteiger partial charge in [-0.3, -0.25) is 19.7 Å². The normalized spacial score (nSPS) is 25.6. The van der Waals surface area contributed by atoms with Crippen molar-refractivity contribution in [2.45, 2.75) is 12.8 Å². The molecular weight excluding hydrogens is 282 g/mol. The zero-order chi connectivity index (χ0) is 14.5. The lowest BCUT2D eigenvalue weighted by atomic mass is 9.85. The second-order valence-corrected chi connectivity index (χ2v) is 5.90. The van der Waals surface area contributed by atoms with Crippen molar-refractivity contribution in [2.24, 2.45) is 12.5 Å². The van der Waals surface area contributed by atoms with Crippen molar-refractivity contribution in [1.82, 2.24) is 14.8 Å². The SMILES string of the molecule is Cn1cc(Cl)cc1C(=O)N1CC[C@]2(CC(=O)NC2=O)C1. The van der Waals surface area contributed by atoms with Crippen LogP contribution in [0.1, 0.15) is 23.3 Å². The summed E-state index contributed by atoms with van der Waals surface area (Å²) in [4.78, 5) is 37.3. The Bertz CT molecular complexity index is 624. The first-order valence-electron chi connectivity index (χ1n) is 6.37. The molecule has 0 bridgehead atoms. The van der Waals surface area contributed by atoms with Crippen LogP contribution in [0.15, 0.2) is 12.3 Å². The van der Waals surface area contributed by atoms with Crippen molar-refractivity contribution >= 4 is 29.3 Å². The predicted octanol–water partition coefficient (Wildman–Crippen LogP) is 0.557. The van der Waals surface area contributed by atoms with Gasteiger partial charge in [0.1, 0.15) is 5.69 Å². The summed E-state index contributed by atoms with van der Waals surface area (Å²) in [5.74, 6) is -0.683. The monoisotopic (exact) mass is 295 g/mol. The second-order valence-electron chi connectivity index (χ2n) is 5.47. The number of aromatic nitrogens is 1. The third-order valence-corrected chi connectivity index (χ3v) is 4.27. The second kappa shape index (κ2) is 4.34. The fourth-order valence-corrected chi connectivity index (χ4v) is 3.21. The molecule has 0 radical (unpaired) electrons. The van der Waals surface area contributed by atoms with E-state index < -0.39 is 5.41 Å². The Morgan fingerprint density at radius 3 is 2.75 bits per heavy atom. The molecule has 1 spiro atoms. The van der Waals surface area contributed by atoms with Crippen molar-refractivity contribution in [1.29, 1.82) is 0 Å². The van der Waals surface area contributed by atoms with Crippen LogP contribution in [0.3, 0.4) is 0 Å². The maximum atomic E-state index is 12.4. The minimum Gasteiger partial charge on any atom is -0.345 e. The molecule has 0 unspecified atom stereocenters. The molecule has 1 N–H and O–H groups in total. The molecule has 1 aromatic heterocycles. The van der Waals surface area contributed by atoms with Crippen LogP contribution in [-0.2, 0) is 16.6 Å². The van der Waals surface area contributed by atoms with E-state index in [9.17, 15) is 14.4 Å². The van der Waals surface area contributed by atoms with E-state index in [-0.39, 0.29) is 30.7 Å². The van der Waals surface area contributed by atoms with Gasteiger partial charge in [0, 0.05) is 32.8 Å². The Morgan fingerprint density at radius 1 is 1.45 bits per heavy atom. The lowest BCUT2D eigenvalue weighted by Gasteiger charge is -2.20. The number of hydrogen-bond donors (Lipinski definition) is 1. The van der Waals surface area contributed by atoms with Crippen LogP contribution in [0.25, 0.3) is 0 Å². The van der Waals surface area contributed by atoms with Gasteiger partial charge in [0.05, 0.1) is 10.4 Å². The summed E-state index contributed by atoms with van der Waals surface area (Å²) < 4.78 is 1.66. The number of nitrogens with zero attached hydrogens (tertiary/aromatic N) is 2. The van der Waals surface area contributed by atoms with Crippen LogP contribution in [0.5, 0.6) is 0 Å². The van der Waals surface area contributed by atoms with E-state index >= 15 is 0 Å². The molecule has 2 aliphatic rings. The summed E-state index contributed by atoms with van der Waals surface area (Å²) >= 11 is 5.88. The quantitative estimate of drug-likeness (QED) is 0.770. The molecule has 0 saturated carbocycles. The first kappa shape index (κ1) is 13.2. The van der Waals surface area contributed by atoms with E-state index in [1.54, 1.807) is 28.8 Å². The van der Waals surface area contributed by atoms with Crippen molar-refractivity contribution in [3.8, 4) is 0 Å². The first-order valence-corrected chi connectivity index (χ1v) is 6.74. The van der Waals surface area contributed by atoms with Crippen molar-refractivity contribution < 1.29 is 14.4 Å². The highest BCUT2D eigenvalue weighted by molar-refractivity contribution is 6.31. The van der Waals surface area contributed by atoms with Crippen LogP contribution < -0.4 is 5.32 Å². The standard InChI is InChI=1S/C13H14ClN3O3/c1-16-6-8(14)4-9(16)11(19)17-3-2-13(7-17)5-10(18)15-12(13)20/h4,6H,2-3,5,7H2,1H3,(H,15,18,20)/t13-/m0/s1. The van der Waals surface area contributed by atoms with E-state index in [1.165, 1.54) is 0 Å². The van der Waals surface area contributed by atoms with Crippen molar-refractivity contribution in [3.63, 3.8) is 0 Å². The molecule has 1 atom stereocenters. The van der Waals surface area contributed by atoms with Gasteiger partial charge in [0.15, 0.2) is 0 Å². The summed E-state index contributed by atoms with van der Waals surface area (Å²) in [7, 11) is 1.75. The molecule has 1 aromatic rings. The molecule has 0 aromatic carbocycles. The zero-order valence-corrected chi connectivity index (χ0v) is 11.7. The molecule has 0 aliphatic carbocycles. The maximum Gasteiger partial charge on any atom is 0.270 e. The van der Waals surface area contributed by atoms with Gasteiger partial charge in [-0.1, -0.05) is 11.6 Å². The maximum absolute atomic E-state index is 12.4. The number of aryl methyl sites for hydroxylation is 1. The van der Waals surface area contributed by atoms with Crippen LogP contribution in [0.4, 0.5) is 0 Å². The first-order chi connectivity index (χ1) is 9.41. The average molecular weight is 296 g/mol. The summed E-state index contributed by atoms with van der Waals surface area (Å²) in [6.45, 7) is 0.758. The van der Waals surface area contributed by atoms with Gasteiger partial charge in [-0.2, -0.15) is 0 Å². The third kappa shape index (κ3) is 1.91. The molecule has 7 heteroatoms. The number of likely N-dealkylation sites (tertiary alicyclic amines) is 1. The largest absolute Gasteiger partial charge is 0.345 e. The number of amides is 3. The van der Waals surface area contributed by atoms with Crippen LogP contribution in [-0.4, -0.2) is 40.3 Å². The molecule has 3 rings (SSSR count). The average Bonchev–Trinajstić information content (AvgIpc) is 3.00. The van der Waals surface area contributed by atoms with E-state index in [0.29, 0.717) is 23.7 Å². The number of nitrogens with one attached hydrogen (secondary N) is 1.